The van der Waals surface area contributed by atoms with Crippen molar-refractivity contribution in [1.82, 2.24) is 5.32 Å². The van der Waals surface area contributed by atoms with Crippen LogP contribution in [-0.2, 0) is 11.2 Å². The van der Waals surface area contributed by atoms with Crippen molar-refractivity contribution in [3.8, 4) is 5.75 Å². The van der Waals surface area contributed by atoms with Crippen LogP contribution in [0.1, 0.15) is 15.9 Å². The molecule has 1 amide bonds. The number of halogens is 1. The molecule has 0 saturated heterocycles. The van der Waals surface area contributed by atoms with Gasteiger partial charge in [0.1, 0.15) is 11.8 Å². The lowest BCUT2D eigenvalue weighted by atomic mass is 10.0. The summed E-state index contributed by atoms with van der Waals surface area (Å²) in [6, 6.07) is 12.3. The van der Waals surface area contributed by atoms with Crippen molar-refractivity contribution >= 4 is 23.5 Å². The molecule has 0 heterocycles. The van der Waals surface area contributed by atoms with Crippen molar-refractivity contribution in [1.29, 1.82) is 0 Å². The summed E-state index contributed by atoms with van der Waals surface area (Å²) < 4.78 is 5.11. The molecule has 2 aromatic carbocycles. The second-order valence-corrected chi connectivity index (χ2v) is 5.36. The largest absolute Gasteiger partial charge is 0.497 e. The van der Waals surface area contributed by atoms with Crippen molar-refractivity contribution in [2.24, 2.45) is 0 Å². The summed E-state index contributed by atoms with van der Waals surface area (Å²) in [5.41, 5.74) is 1.11. The Morgan fingerprint density at radius 1 is 1.22 bits per heavy atom. The second-order valence-electron chi connectivity index (χ2n) is 4.93. The number of amides is 1. The van der Waals surface area contributed by atoms with Crippen LogP contribution in [0.3, 0.4) is 0 Å². The fraction of sp³-hybridized carbons (Fsp3) is 0.176. The summed E-state index contributed by atoms with van der Waals surface area (Å²) in [5, 5.41) is 12.4. The number of carboxylic acid groups (broad SMARTS) is 1. The number of carbonyl (C=O) groups excluding carboxylic acids is 1. The van der Waals surface area contributed by atoms with Crippen LogP contribution in [0.5, 0.6) is 5.75 Å². The molecule has 6 heteroatoms. The lowest BCUT2D eigenvalue weighted by Gasteiger charge is -2.15. The van der Waals surface area contributed by atoms with Crippen molar-refractivity contribution in [3.05, 3.63) is 64.7 Å². The van der Waals surface area contributed by atoms with Gasteiger partial charge in [-0.05, 0) is 42.0 Å². The molecule has 1 atom stereocenters. The standard InChI is InChI=1S/C17H16ClNO4/c1-23-14-4-2-3-11(9-14)10-15(17(21)22)19-16(20)12-5-7-13(18)8-6-12/h2-9,15H,10H2,1H3,(H,19,20)(H,21,22)/t15-/m1/s1. The van der Waals surface area contributed by atoms with Crippen molar-refractivity contribution in [3.63, 3.8) is 0 Å². The van der Waals surface area contributed by atoms with E-state index in [9.17, 15) is 14.7 Å². The molecule has 0 aliphatic heterocycles. The van der Waals surface area contributed by atoms with E-state index >= 15 is 0 Å². The van der Waals surface area contributed by atoms with Gasteiger partial charge >= 0.3 is 5.97 Å². The van der Waals surface area contributed by atoms with Gasteiger partial charge in [-0.1, -0.05) is 23.7 Å². The molecule has 0 aliphatic carbocycles. The Labute approximate surface area is 138 Å². The van der Waals surface area contributed by atoms with Gasteiger partial charge in [0, 0.05) is 17.0 Å². The first-order valence-electron chi connectivity index (χ1n) is 6.92. The van der Waals surface area contributed by atoms with Crippen molar-refractivity contribution < 1.29 is 19.4 Å². The highest BCUT2D eigenvalue weighted by molar-refractivity contribution is 6.30. The third-order valence-electron chi connectivity index (χ3n) is 3.28. The third-order valence-corrected chi connectivity index (χ3v) is 3.54. The summed E-state index contributed by atoms with van der Waals surface area (Å²) in [6.45, 7) is 0. The van der Waals surface area contributed by atoms with Gasteiger partial charge in [0.15, 0.2) is 0 Å². The highest BCUT2D eigenvalue weighted by Crippen LogP contribution is 2.15. The molecule has 0 aliphatic rings. The maximum Gasteiger partial charge on any atom is 0.326 e. The van der Waals surface area contributed by atoms with E-state index in [-0.39, 0.29) is 6.42 Å². The fourth-order valence-corrected chi connectivity index (χ4v) is 2.20. The molecular weight excluding hydrogens is 318 g/mol. The number of methoxy groups -OCH3 is 1. The Bertz CT molecular complexity index is 700. The molecule has 0 radical (unpaired) electrons. The number of hydrogen-bond donors (Lipinski definition) is 2. The summed E-state index contributed by atoms with van der Waals surface area (Å²) in [4.78, 5) is 23.6. The summed E-state index contributed by atoms with van der Waals surface area (Å²) >= 11 is 5.77. The second kappa shape index (κ2) is 7.65. The van der Waals surface area contributed by atoms with E-state index in [1.807, 2.05) is 0 Å². The quantitative estimate of drug-likeness (QED) is 0.852. The van der Waals surface area contributed by atoms with Crippen LogP contribution in [0.25, 0.3) is 0 Å². The molecule has 0 bridgehead atoms. The van der Waals surface area contributed by atoms with E-state index in [2.05, 4.69) is 5.32 Å². The molecule has 0 saturated carbocycles. The van der Waals surface area contributed by atoms with E-state index in [1.165, 1.54) is 7.11 Å². The van der Waals surface area contributed by atoms with E-state index in [1.54, 1.807) is 48.5 Å². The number of nitrogens with one attached hydrogen (secondary N) is 1. The van der Waals surface area contributed by atoms with Crippen molar-refractivity contribution in [2.45, 2.75) is 12.5 Å². The van der Waals surface area contributed by atoms with Crippen LogP contribution in [0.4, 0.5) is 0 Å². The zero-order valence-corrected chi connectivity index (χ0v) is 13.2. The number of aliphatic carboxylic acids is 1. The van der Waals surface area contributed by atoms with Gasteiger partial charge in [0.2, 0.25) is 0 Å². The van der Waals surface area contributed by atoms with Crippen LogP contribution < -0.4 is 10.1 Å². The highest BCUT2D eigenvalue weighted by Gasteiger charge is 2.21. The summed E-state index contributed by atoms with van der Waals surface area (Å²) in [5.74, 6) is -0.928. The highest BCUT2D eigenvalue weighted by atomic mass is 35.5. The molecule has 2 rings (SSSR count). The molecule has 0 aromatic heterocycles. The lowest BCUT2D eigenvalue weighted by molar-refractivity contribution is -0.139. The predicted molar refractivity (Wildman–Crippen MR) is 87.0 cm³/mol. The molecular formula is C17H16ClNO4. The Morgan fingerprint density at radius 3 is 2.52 bits per heavy atom. The minimum absolute atomic E-state index is 0.159. The van der Waals surface area contributed by atoms with Crippen LogP contribution in [-0.4, -0.2) is 30.1 Å². The smallest absolute Gasteiger partial charge is 0.326 e. The van der Waals surface area contributed by atoms with Gasteiger partial charge < -0.3 is 15.2 Å². The van der Waals surface area contributed by atoms with E-state index < -0.39 is 17.9 Å². The van der Waals surface area contributed by atoms with Crippen LogP contribution in [0.15, 0.2) is 48.5 Å². The molecule has 0 spiro atoms. The van der Waals surface area contributed by atoms with E-state index in [0.29, 0.717) is 16.3 Å². The van der Waals surface area contributed by atoms with Crippen molar-refractivity contribution in [2.75, 3.05) is 7.11 Å². The molecule has 2 aromatic rings. The zero-order valence-electron chi connectivity index (χ0n) is 12.5. The molecule has 0 unspecified atom stereocenters. The first kappa shape index (κ1) is 16.8. The molecule has 120 valence electrons. The van der Waals surface area contributed by atoms with Gasteiger partial charge in [-0.3, -0.25) is 4.79 Å². The minimum Gasteiger partial charge on any atom is -0.497 e. The van der Waals surface area contributed by atoms with Gasteiger partial charge in [0.25, 0.3) is 5.91 Å². The number of rotatable bonds is 6. The Hall–Kier alpha value is -2.53. The lowest BCUT2D eigenvalue weighted by Crippen LogP contribution is -2.42. The molecule has 23 heavy (non-hydrogen) atoms. The number of carboxylic acids is 1. The number of ether oxygens (including phenoxy) is 1. The number of carbonyl (C=O) groups is 2. The monoisotopic (exact) mass is 333 g/mol. The normalized spacial score (nSPS) is 11.6. The van der Waals surface area contributed by atoms with E-state index in [0.717, 1.165) is 5.56 Å². The number of hydrogen-bond acceptors (Lipinski definition) is 3. The fourth-order valence-electron chi connectivity index (χ4n) is 2.08. The summed E-state index contributed by atoms with van der Waals surface area (Å²) in [7, 11) is 1.54. The van der Waals surface area contributed by atoms with Gasteiger partial charge in [-0.2, -0.15) is 0 Å². The first-order valence-corrected chi connectivity index (χ1v) is 7.29. The average molecular weight is 334 g/mol. The molecule has 0 fully saturated rings. The zero-order chi connectivity index (χ0) is 16.8. The van der Waals surface area contributed by atoms with Crippen LogP contribution >= 0.6 is 11.6 Å². The number of benzene rings is 2. The molecule has 2 N–H and O–H groups in total. The topological polar surface area (TPSA) is 75.6 Å². The predicted octanol–water partition coefficient (Wildman–Crippen LogP) is 2.77. The Morgan fingerprint density at radius 2 is 1.91 bits per heavy atom. The van der Waals surface area contributed by atoms with Crippen LogP contribution in [0, 0.1) is 0 Å². The maximum atomic E-state index is 12.1. The average Bonchev–Trinajstić information content (AvgIpc) is 2.54. The first-order chi connectivity index (χ1) is 11.0. The Kier molecular flexibility index (Phi) is 5.60. The maximum absolute atomic E-state index is 12.1. The SMILES string of the molecule is COc1cccc(C[C@@H](NC(=O)c2ccc(Cl)cc2)C(=O)O)c1. The van der Waals surface area contributed by atoms with Gasteiger partial charge in [0.05, 0.1) is 7.11 Å². The summed E-state index contributed by atoms with van der Waals surface area (Å²) in [6.07, 6.45) is 0.159. The van der Waals surface area contributed by atoms with E-state index in [4.69, 9.17) is 16.3 Å². The van der Waals surface area contributed by atoms with Crippen LogP contribution in [0.2, 0.25) is 5.02 Å². The van der Waals surface area contributed by atoms with Gasteiger partial charge in [-0.15, -0.1) is 0 Å². The van der Waals surface area contributed by atoms with Gasteiger partial charge in [-0.25, -0.2) is 4.79 Å². The molecule has 5 nitrogen and oxygen atoms in total. The Balaban J connectivity index is 2.10. The third kappa shape index (κ3) is 4.72. The minimum atomic E-state index is -1.10.